The number of benzene rings is 1. The van der Waals surface area contributed by atoms with Crippen LogP contribution in [0.3, 0.4) is 0 Å². The summed E-state index contributed by atoms with van der Waals surface area (Å²) in [6, 6.07) is 4.35. The Morgan fingerprint density at radius 2 is 1.80 bits per heavy atom. The third-order valence-electron chi connectivity index (χ3n) is 2.46. The van der Waals surface area contributed by atoms with Crippen molar-refractivity contribution >= 4 is 11.8 Å². The summed E-state index contributed by atoms with van der Waals surface area (Å²) in [7, 11) is 2.76. The first-order valence-corrected chi connectivity index (χ1v) is 6.01. The molecule has 0 heterocycles. The van der Waals surface area contributed by atoms with Crippen molar-refractivity contribution in [2.45, 2.75) is 26.1 Å². The second kappa shape index (κ2) is 6.88. The molecule has 1 aromatic rings. The van der Waals surface area contributed by atoms with Crippen LogP contribution in [0, 0.1) is 0 Å². The normalized spacial score (nSPS) is 11.9. The molecular formula is C14H17FO5. The van der Waals surface area contributed by atoms with Crippen LogP contribution in [0.5, 0.6) is 11.5 Å². The highest BCUT2D eigenvalue weighted by molar-refractivity contribution is 6.12. The smallest absolute Gasteiger partial charge is 0.349 e. The highest BCUT2D eigenvalue weighted by Crippen LogP contribution is 2.26. The van der Waals surface area contributed by atoms with E-state index in [1.54, 1.807) is 19.9 Å². The van der Waals surface area contributed by atoms with Gasteiger partial charge in [0.15, 0.2) is 0 Å². The molecule has 6 heteroatoms. The van der Waals surface area contributed by atoms with Gasteiger partial charge in [0.25, 0.3) is 6.17 Å². The number of hydrogen-bond donors (Lipinski definition) is 0. The maximum Gasteiger partial charge on any atom is 0.349 e. The van der Waals surface area contributed by atoms with E-state index in [4.69, 9.17) is 9.47 Å². The van der Waals surface area contributed by atoms with Crippen LogP contribution in [-0.4, -0.2) is 38.2 Å². The van der Waals surface area contributed by atoms with Crippen molar-refractivity contribution in [2.24, 2.45) is 0 Å². The van der Waals surface area contributed by atoms with Gasteiger partial charge in [0.2, 0.25) is 5.78 Å². The second-order valence-corrected chi connectivity index (χ2v) is 4.28. The van der Waals surface area contributed by atoms with E-state index in [0.717, 1.165) is 0 Å². The lowest BCUT2D eigenvalue weighted by molar-refractivity contribution is -0.151. The minimum Gasteiger partial charge on any atom is -0.497 e. The average molecular weight is 284 g/mol. The third-order valence-corrected chi connectivity index (χ3v) is 2.46. The predicted molar refractivity (Wildman–Crippen MR) is 70.0 cm³/mol. The van der Waals surface area contributed by atoms with E-state index in [1.807, 2.05) is 0 Å². The minimum absolute atomic E-state index is 0.0694. The first kappa shape index (κ1) is 15.9. The summed E-state index contributed by atoms with van der Waals surface area (Å²) in [5, 5.41) is 0. The fourth-order valence-corrected chi connectivity index (χ4v) is 1.54. The van der Waals surface area contributed by atoms with Crippen LogP contribution in [-0.2, 0) is 9.53 Å². The fraction of sp³-hybridized carbons (Fsp3) is 0.429. The van der Waals surface area contributed by atoms with Crippen molar-refractivity contribution in [1.82, 2.24) is 0 Å². The molecule has 1 rings (SSSR count). The van der Waals surface area contributed by atoms with Gasteiger partial charge < -0.3 is 14.2 Å². The first-order valence-electron chi connectivity index (χ1n) is 6.01. The maximum absolute atomic E-state index is 13.9. The van der Waals surface area contributed by atoms with Gasteiger partial charge in [0.1, 0.15) is 11.5 Å². The van der Waals surface area contributed by atoms with Crippen LogP contribution < -0.4 is 9.47 Å². The van der Waals surface area contributed by atoms with Gasteiger partial charge in [-0.3, -0.25) is 4.79 Å². The third kappa shape index (κ3) is 3.69. The quantitative estimate of drug-likeness (QED) is 0.455. The Balaban J connectivity index is 3.03. The summed E-state index contributed by atoms with van der Waals surface area (Å²) in [5.41, 5.74) is -0.0694. The number of hydrogen-bond acceptors (Lipinski definition) is 5. The molecule has 0 spiro atoms. The van der Waals surface area contributed by atoms with E-state index in [1.165, 1.54) is 26.4 Å². The van der Waals surface area contributed by atoms with E-state index >= 15 is 0 Å². The van der Waals surface area contributed by atoms with Gasteiger partial charge in [-0.2, -0.15) is 0 Å². The molecule has 1 aromatic carbocycles. The van der Waals surface area contributed by atoms with E-state index in [2.05, 4.69) is 4.74 Å². The van der Waals surface area contributed by atoms with Crippen molar-refractivity contribution < 1.29 is 28.2 Å². The number of methoxy groups -OCH3 is 2. The molecule has 0 aromatic heterocycles. The predicted octanol–water partition coefficient (Wildman–Crippen LogP) is 2.18. The van der Waals surface area contributed by atoms with Gasteiger partial charge in [0.05, 0.1) is 25.9 Å². The summed E-state index contributed by atoms with van der Waals surface area (Å²) < 4.78 is 28.5. The van der Waals surface area contributed by atoms with Gasteiger partial charge in [-0.15, -0.1) is 0 Å². The first-order chi connectivity index (χ1) is 9.40. The SMILES string of the molecule is COc1ccc(OC)c(C(=O)C(F)C(=O)OC(C)C)c1. The zero-order chi connectivity index (χ0) is 15.3. The van der Waals surface area contributed by atoms with E-state index < -0.39 is 24.0 Å². The highest BCUT2D eigenvalue weighted by Gasteiger charge is 2.31. The Bertz CT molecular complexity index is 498. The summed E-state index contributed by atoms with van der Waals surface area (Å²) >= 11 is 0. The van der Waals surface area contributed by atoms with Gasteiger partial charge in [0, 0.05) is 0 Å². The summed E-state index contributed by atoms with van der Waals surface area (Å²) in [6.45, 7) is 3.14. The zero-order valence-electron chi connectivity index (χ0n) is 11.8. The molecule has 0 bridgehead atoms. The Hall–Kier alpha value is -2.11. The van der Waals surface area contributed by atoms with Crippen LogP contribution in [0.25, 0.3) is 0 Å². The van der Waals surface area contributed by atoms with Crippen LogP contribution in [0.4, 0.5) is 4.39 Å². The number of ketones is 1. The van der Waals surface area contributed by atoms with Gasteiger partial charge in [-0.05, 0) is 32.0 Å². The van der Waals surface area contributed by atoms with E-state index in [9.17, 15) is 14.0 Å². The zero-order valence-corrected chi connectivity index (χ0v) is 11.8. The van der Waals surface area contributed by atoms with Crippen molar-refractivity contribution in [1.29, 1.82) is 0 Å². The van der Waals surface area contributed by atoms with Crippen molar-refractivity contribution in [3.63, 3.8) is 0 Å². The lowest BCUT2D eigenvalue weighted by atomic mass is 10.1. The molecule has 5 nitrogen and oxygen atoms in total. The van der Waals surface area contributed by atoms with Crippen LogP contribution in [0.2, 0.25) is 0 Å². The molecular weight excluding hydrogens is 267 g/mol. The number of ether oxygens (including phenoxy) is 3. The van der Waals surface area contributed by atoms with Gasteiger partial charge in [-0.1, -0.05) is 0 Å². The summed E-state index contributed by atoms with van der Waals surface area (Å²) in [6.07, 6.45) is -2.89. The monoisotopic (exact) mass is 284 g/mol. The highest BCUT2D eigenvalue weighted by atomic mass is 19.1. The summed E-state index contributed by atoms with van der Waals surface area (Å²) in [5.74, 6) is -1.71. The fourth-order valence-electron chi connectivity index (χ4n) is 1.54. The summed E-state index contributed by atoms with van der Waals surface area (Å²) in [4.78, 5) is 23.4. The average Bonchev–Trinajstić information content (AvgIpc) is 2.44. The molecule has 0 aliphatic heterocycles. The number of rotatable bonds is 6. The molecule has 0 N–H and O–H groups in total. The van der Waals surface area contributed by atoms with E-state index in [0.29, 0.717) is 5.75 Å². The molecule has 0 saturated carbocycles. The molecule has 0 radical (unpaired) electrons. The largest absolute Gasteiger partial charge is 0.497 e. The molecule has 110 valence electrons. The molecule has 0 fully saturated rings. The van der Waals surface area contributed by atoms with Gasteiger partial charge in [-0.25, -0.2) is 9.18 Å². The van der Waals surface area contributed by atoms with Crippen molar-refractivity contribution in [2.75, 3.05) is 14.2 Å². The Labute approximate surface area is 116 Å². The topological polar surface area (TPSA) is 61.8 Å². The molecule has 0 aliphatic carbocycles. The maximum atomic E-state index is 13.9. The Morgan fingerprint density at radius 1 is 1.15 bits per heavy atom. The Kier molecular flexibility index (Phi) is 5.49. The van der Waals surface area contributed by atoms with Crippen LogP contribution in [0.15, 0.2) is 18.2 Å². The van der Waals surface area contributed by atoms with E-state index in [-0.39, 0.29) is 11.3 Å². The number of carbonyl (C=O) groups excluding carboxylic acids is 2. The molecule has 20 heavy (non-hydrogen) atoms. The Morgan fingerprint density at radius 3 is 2.30 bits per heavy atom. The lowest BCUT2D eigenvalue weighted by Gasteiger charge is -2.13. The lowest BCUT2D eigenvalue weighted by Crippen LogP contribution is -2.30. The van der Waals surface area contributed by atoms with Gasteiger partial charge >= 0.3 is 5.97 Å². The minimum atomic E-state index is -2.39. The molecule has 0 amide bonds. The van der Waals surface area contributed by atoms with Crippen molar-refractivity contribution in [3.05, 3.63) is 23.8 Å². The molecule has 0 aliphatic rings. The molecule has 0 saturated heterocycles. The number of carbonyl (C=O) groups is 2. The molecule has 1 atom stereocenters. The number of esters is 1. The standard InChI is InChI=1S/C14H17FO5/c1-8(2)20-14(17)12(15)13(16)10-7-9(18-3)5-6-11(10)19-4/h5-8,12H,1-4H3. The van der Waals surface area contributed by atoms with Crippen LogP contribution >= 0.6 is 0 Å². The van der Waals surface area contributed by atoms with Crippen LogP contribution in [0.1, 0.15) is 24.2 Å². The number of alkyl halides is 1. The second-order valence-electron chi connectivity index (χ2n) is 4.28. The number of halogens is 1. The van der Waals surface area contributed by atoms with Crippen molar-refractivity contribution in [3.8, 4) is 11.5 Å². The number of Topliss-reactive ketones (excluding diaryl/α,β-unsaturated/α-hetero) is 1. The molecule has 1 unspecified atom stereocenters.